The van der Waals surface area contributed by atoms with Crippen molar-refractivity contribution in [2.75, 3.05) is 18.0 Å². The maximum absolute atomic E-state index is 12.4. The van der Waals surface area contributed by atoms with Crippen LogP contribution in [0.4, 0.5) is 5.69 Å². The lowest BCUT2D eigenvalue weighted by Crippen LogP contribution is -2.19. The highest BCUT2D eigenvalue weighted by Gasteiger charge is 2.13. The Kier molecular flexibility index (Phi) is 8.53. The summed E-state index contributed by atoms with van der Waals surface area (Å²) < 4.78 is 7.42. The summed E-state index contributed by atoms with van der Waals surface area (Å²) in [6, 6.07) is 16.7. The summed E-state index contributed by atoms with van der Waals surface area (Å²) in [5.41, 5.74) is 5.97. The minimum Gasteiger partial charge on any atom is -0.487 e. The van der Waals surface area contributed by atoms with Crippen molar-refractivity contribution >= 4 is 72.9 Å². The van der Waals surface area contributed by atoms with Crippen LogP contribution < -0.4 is 15.1 Å². The van der Waals surface area contributed by atoms with E-state index in [-0.39, 0.29) is 5.91 Å². The Morgan fingerprint density at radius 2 is 1.68 bits per heavy atom. The Morgan fingerprint density at radius 1 is 1.00 bits per heavy atom. The number of ether oxygens (including phenoxy) is 1. The lowest BCUT2D eigenvalue weighted by atomic mass is 10.2. The summed E-state index contributed by atoms with van der Waals surface area (Å²) >= 11 is 19.1. The highest BCUT2D eigenvalue weighted by atomic mass is 79.9. The second kappa shape index (κ2) is 11.6. The van der Waals surface area contributed by atoms with Gasteiger partial charge in [0.1, 0.15) is 12.4 Å². The number of nitrogens with one attached hydrogen (secondary N) is 1. The van der Waals surface area contributed by atoms with Gasteiger partial charge >= 0.3 is 0 Å². The molecule has 1 amide bonds. The van der Waals surface area contributed by atoms with Gasteiger partial charge in [0.05, 0.1) is 25.2 Å². The molecule has 0 saturated carbocycles. The van der Waals surface area contributed by atoms with Crippen molar-refractivity contribution in [2.45, 2.75) is 19.4 Å². The van der Waals surface area contributed by atoms with Gasteiger partial charge in [0, 0.05) is 24.3 Å². The molecule has 1 fully saturated rings. The molecule has 0 bridgehead atoms. The Bertz CT molecular complexity index is 1190. The Hall–Kier alpha value is -2.06. The number of hydrogen-bond acceptors (Lipinski definition) is 4. The van der Waals surface area contributed by atoms with Gasteiger partial charge in [-0.15, -0.1) is 0 Å². The van der Waals surface area contributed by atoms with Gasteiger partial charge in [-0.2, -0.15) is 5.10 Å². The van der Waals surface area contributed by atoms with Gasteiger partial charge in [-0.25, -0.2) is 5.43 Å². The smallest absolute Gasteiger partial charge is 0.271 e. The van der Waals surface area contributed by atoms with Gasteiger partial charge in [0.2, 0.25) is 0 Å². The molecule has 0 aliphatic carbocycles. The number of hydrogen-bond donors (Lipinski definition) is 1. The van der Waals surface area contributed by atoms with Crippen molar-refractivity contribution in [3.8, 4) is 5.75 Å². The van der Waals surface area contributed by atoms with Crippen LogP contribution in [0.3, 0.4) is 0 Å². The van der Waals surface area contributed by atoms with E-state index in [2.05, 4.69) is 47.3 Å². The zero-order valence-electron chi connectivity index (χ0n) is 18.0. The number of carbonyl (C=O) groups is 1. The molecular weight excluding hydrogens is 605 g/mol. The first-order valence-corrected chi connectivity index (χ1v) is 13.0. The molecule has 0 atom stereocenters. The third-order valence-electron chi connectivity index (χ3n) is 5.37. The maximum Gasteiger partial charge on any atom is 0.271 e. The van der Waals surface area contributed by atoms with E-state index in [1.165, 1.54) is 12.8 Å². The maximum atomic E-state index is 12.4. The summed E-state index contributed by atoms with van der Waals surface area (Å²) in [4.78, 5) is 14.8. The number of nitrogens with zero attached hydrogens (tertiary/aromatic N) is 2. The normalized spacial score (nSPS) is 13.5. The summed E-state index contributed by atoms with van der Waals surface area (Å²) in [6.07, 6.45) is 4.01. The topological polar surface area (TPSA) is 53.9 Å². The molecule has 0 unspecified atom stereocenters. The fourth-order valence-electron chi connectivity index (χ4n) is 3.61. The van der Waals surface area contributed by atoms with Crippen LogP contribution in [-0.2, 0) is 6.61 Å². The fraction of sp³-hybridized carbons (Fsp3) is 0.200. The molecule has 1 aliphatic rings. The van der Waals surface area contributed by atoms with Crippen molar-refractivity contribution in [1.29, 1.82) is 0 Å². The number of amides is 1. The van der Waals surface area contributed by atoms with Crippen LogP contribution in [-0.4, -0.2) is 25.2 Å². The van der Waals surface area contributed by atoms with E-state index in [1.807, 2.05) is 42.5 Å². The molecule has 1 N–H and O–H groups in total. The SMILES string of the molecule is O=C(N/N=C\c1cc(Br)c(OCc2ccc(Cl)c(Cl)c2)c(Br)c1)c1ccc(N2CCCC2)cc1. The van der Waals surface area contributed by atoms with Gasteiger partial charge in [-0.05, 0) is 104 Å². The molecular formula is C25H21Br2Cl2N3O2. The highest BCUT2D eigenvalue weighted by Crippen LogP contribution is 2.35. The van der Waals surface area contributed by atoms with E-state index < -0.39 is 0 Å². The first kappa shape index (κ1) is 25.0. The van der Waals surface area contributed by atoms with E-state index >= 15 is 0 Å². The van der Waals surface area contributed by atoms with Crippen molar-refractivity contribution in [2.24, 2.45) is 5.10 Å². The van der Waals surface area contributed by atoms with Crippen LogP contribution in [0, 0.1) is 0 Å². The van der Waals surface area contributed by atoms with E-state index in [1.54, 1.807) is 18.3 Å². The van der Waals surface area contributed by atoms with Crippen molar-refractivity contribution in [3.05, 3.63) is 90.3 Å². The van der Waals surface area contributed by atoms with E-state index in [4.69, 9.17) is 27.9 Å². The number of benzene rings is 3. The fourth-order valence-corrected chi connectivity index (χ4v) is 5.38. The van der Waals surface area contributed by atoms with Gasteiger partial charge in [0.25, 0.3) is 5.91 Å². The highest BCUT2D eigenvalue weighted by molar-refractivity contribution is 9.11. The van der Waals surface area contributed by atoms with Gasteiger partial charge < -0.3 is 9.64 Å². The number of anilines is 1. The predicted molar refractivity (Wildman–Crippen MR) is 146 cm³/mol. The van der Waals surface area contributed by atoms with Crippen LogP contribution in [0.5, 0.6) is 5.75 Å². The molecule has 5 nitrogen and oxygen atoms in total. The Balaban J connectivity index is 1.35. The molecule has 176 valence electrons. The molecule has 1 heterocycles. The summed E-state index contributed by atoms with van der Waals surface area (Å²) in [6.45, 7) is 2.47. The largest absolute Gasteiger partial charge is 0.487 e. The monoisotopic (exact) mass is 623 g/mol. The Morgan fingerprint density at radius 3 is 2.32 bits per heavy atom. The summed E-state index contributed by atoms with van der Waals surface area (Å²) in [7, 11) is 0. The van der Waals surface area contributed by atoms with E-state index in [0.717, 1.165) is 38.8 Å². The third kappa shape index (κ3) is 6.33. The quantitative estimate of drug-likeness (QED) is 0.219. The number of hydrazone groups is 1. The number of rotatable bonds is 7. The van der Waals surface area contributed by atoms with Gasteiger partial charge in [-0.3, -0.25) is 4.79 Å². The molecule has 1 saturated heterocycles. The lowest BCUT2D eigenvalue weighted by Gasteiger charge is -2.17. The van der Waals surface area contributed by atoms with Gasteiger partial charge in [0.15, 0.2) is 0 Å². The summed E-state index contributed by atoms with van der Waals surface area (Å²) in [5, 5.41) is 5.08. The van der Waals surface area contributed by atoms with Gasteiger partial charge in [-0.1, -0.05) is 29.3 Å². The van der Waals surface area contributed by atoms with E-state index in [9.17, 15) is 4.79 Å². The first-order valence-electron chi connectivity index (χ1n) is 10.6. The van der Waals surface area contributed by atoms with Crippen LogP contribution in [0.25, 0.3) is 0 Å². The average Bonchev–Trinajstić information content (AvgIpc) is 3.36. The van der Waals surface area contributed by atoms with Crippen LogP contribution in [0.2, 0.25) is 10.0 Å². The molecule has 0 spiro atoms. The minimum atomic E-state index is -0.260. The van der Waals surface area contributed by atoms with Crippen LogP contribution >= 0.6 is 55.1 Å². The molecule has 34 heavy (non-hydrogen) atoms. The third-order valence-corrected chi connectivity index (χ3v) is 7.29. The van der Waals surface area contributed by atoms with Crippen molar-refractivity contribution < 1.29 is 9.53 Å². The van der Waals surface area contributed by atoms with E-state index in [0.29, 0.717) is 28.0 Å². The van der Waals surface area contributed by atoms with Crippen LogP contribution in [0.15, 0.2) is 68.6 Å². The zero-order chi connectivity index (χ0) is 24.1. The standard InChI is InChI=1S/C25H21Br2Cl2N3O2/c26-20-11-17(12-21(27)24(20)34-15-16-3-8-22(28)23(29)13-16)14-30-31-25(33)18-4-6-19(7-5-18)32-9-1-2-10-32/h3-8,11-14H,1-2,9-10,15H2,(H,31,33)/b30-14-. The number of carbonyl (C=O) groups excluding carboxylic acids is 1. The average molecular weight is 626 g/mol. The van der Waals surface area contributed by atoms with Crippen molar-refractivity contribution in [3.63, 3.8) is 0 Å². The molecule has 1 aliphatic heterocycles. The summed E-state index contributed by atoms with van der Waals surface area (Å²) in [5.74, 6) is 0.384. The molecule has 3 aromatic carbocycles. The first-order chi connectivity index (χ1) is 16.4. The Labute approximate surface area is 225 Å². The molecule has 0 aromatic heterocycles. The molecule has 4 rings (SSSR count). The number of halogens is 4. The zero-order valence-corrected chi connectivity index (χ0v) is 22.7. The predicted octanol–water partition coefficient (Wildman–Crippen LogP) is 7.46. The second-order valence-electron chi connectivity index (χ2n) is 7.79. The van der Waals surface area contributed by atoms with Crippen LogP contribution in [0.1, 0.15) is 34.3 Å². The van der Waals surface area contributed by atoms with Crippen molar-refractivity contribution in [1.82, 2.24) is 5.43 Å². The lowest BCUT2D eigenvalue weighted by molar-refractivity contribution is 0.0955. The minimum absolute atomic E-state index is 0.260. The molecule has 9 heteroatoms. The second-order valence-corrected chi connectivity index (χ2v) is 10.3. The molecule has 0 radical (unpaired) electrons. The molecule has 3 aromatic rings.